The first-order valence-electron chi connectivity index (χ1n) is 5.28. The van der Waals surface area contributed by atoms with Crippen molar-refractivity contribution in [3.8, 4) is 0 Å². The SMILES string of the molecule is Cc1csc(C(C)Nc2nccn(C)c2=O)n1. The molecule has 5 nitrogen and oxygen atoms in total. The van der Waals surface area contributed by atoms with Crippen LogP contribution >= 0.6 is 11.3 Å². The van der Waals surface area contributed by atoms with Crippen molar-refractivity contribution in [2.45, 2.75) is 19.9 Å². The van der Waals surface area contributed by atoms with Crippen molar-refractivity contribution in [2.75, 3.05) is 5.32 Å². The number of anilines is 1. The number of thiazole rings is 1. The Morgan fingerprint density at radius 3 is 2.94 bits per heavy atom. The maximum absolute atomic E-state index is 11.8. The predicted molar refractivity (Wildman–Crippen MR) is 68.4 cm³/mol. The molecule has 17 heavy (non-hydrogen) atoms. The van der Waals surface area contributed by atoms with E-state index in [1.165, 1.54) is 4.57 Å². The zero-order valence-electron chi connectivity index (χ0n) is 9.97. The van der Waals surface area contributed by atoms with E-state index >= 15 is 0 Å². The Morgan fingerprint density at radius 2 is 2.29 bits per heavy atom. The molecule has 90 valence electrons. The third-order valence-corrected chi connectivity index (χ3v) is 3.52. The van der Waals surface area contributed by atoms with Gasteiger partial charge in [0.15, 0.2) is 5.82 Å². The highest BCUT2D eigenvalue weighted by Gasteiger charge is 2.12. The topological polar surface area (TPSA) is 59.8 Å². The smallest absolute Gasteiger partial charge is 0.293 e. The van der Waals surface area contributed by atoms with Crippen molar-refractivity contribution in [3.05, 3.63) is 38.8 Å². The molecule has 0 saturated heterocycles. The Morgan fingerprint density at radius 1 is 1.53 bits per heavy atom. The van der Waals surface area contributed by atoms with Gasteiger partial charge in [-0.25, -0.2) is 9.97 Å². The van der Waals surface area contributed by atoms with Crippen molar-refractivity contribution in [2.24, 2.45) is 7.05 Å². The first-order chi connectivity index (χ1) is 8.08. The van der Waals surface area contributed by atoms with Crippen LogP contribution in [0.5, 0.6) is 0 Å². The van der Waals surface area contributed by atoms with Gasteiger partial charge in [-0.2, -0.15) is 0 Å². The zero-order chi connectivity index (χ0) is 12.4. The molecule has 0 aliphatic carbocycles. The van der Waals surface area contributed by atoms with Gasteiger partial charge < -0.3 is 9.88 Å². The van der Waals surface area contributed by atoms with Crippen molar-refractivity contribution in [1.29, 1.82) is 0 Å². The van der Waals surface area contributed by atoms with Crippen LogP contribution in [0.1, 0.15) is 23.7 Å². The van der Waals surface area contributed by atoms with E-state index in [0.29, 0.717) is 5.82 Å². The molecule has 0 bridgehead atoms. The molecule has 0 amide bonds. The summed E-state index contributed by atoms with van der Waals surface area (Å²) in [7, 11) is 1.70. The molecule has 2 aromatic heterocycles. The highest BCUT2D eigenvalue weighted by Crippen LogP contribution is 2.19. The van der Waals surface area contributed by atoms with Crippen molar-refractivity contribution >= 4 is 17.2 Å². The Kier molecular flexibility index (Phi) is 3.23. The Labute approximate surface area is 103 Å². The van der Waals surface area contributed by atoms with Gasteiger partial charge in [0.1, 0.15) is 5.01 Å². The summed E-state index contributed by atoms with van der Waals surface area (Å²) in [6, 6.07) is -0.0173. The van der Waals surface area contributed by atoms with Gasteiger partial charge in [0.2, 0.25) is 0 Å². The molecule has 0 radical (unpaired) electrons. The van der Waals surface area contributed by atoms with Crippen LogP contribution in [0, 0.1) is 6.92 Å². The quantitative estimate of drug-likeness (QED) is 0.901. The van der Waals surface area contributed by atoms with Gasteiger partial charge >= 0.3 is 0 Å². The van der Waals surface area contributed by atoms with E-state index in [0.717, 1.165) is 10.7 Å². The van der Waals surface area contributed by atoms with Crippen molar-refractivity contribution in [1.82, 2.24) is 14.5 Å². The lowest BCUT2D eigenvalue weighted by molar-refractivity contribution is 0.808. The molecule has 1 unspecified atom stereocenters. The Bertz CT molecular complexity index is 575. The van der Waals surface area contributed by atoms with E-state index in [-0.39, 0.29) is 11.6 Å². The van der Waals surface area contributed by atoms with Crippen LogP contribution in [0.3, 0.4) is 0 Å². The minimum atomic E-state index is -0.132. The van der Waals surface area contributed by atoms with E-state index in [1.54, 1.807) is 30.8 Å². The van der Waals surface area contributed by atoms with E-state index < -0.39 is 0 Å². The molecule has 1 N–H and O–H groups in total. The lowest BCUT2D eigenvalue weighted by Gasteiger charge is -2.11. The summed E-state index contributed by atoms with van der Waals surface area (Å²) in [5.74, 6) is 0.357. The number of aryl methyl sites for hydroxylation is 2. The second-order valence-corrected chi connectivity index (χ2v) is 4.77. The fourth-order valence-corrected chi connectivity index (χ4v) is 2.24. The number of nitrogens with zero attached hydrogens (tertiary/aromatic N) is 3. The number of hydrogen-bond donors (Lipinski definition) is 1. The second kappa shape index (κ2) is 4.67. The lowest BCUT2D eigenvalue weighted by atomic mass is 10.3. The molecule has 6 heteroatoms. The summed E-state index contributed by atoms with van der Waals surface area (Å²) in [4.78, 5) is 20.2. The summed E-state index contributed by atoms with van der Waals surface area (Å²) < 4.78 is 1.50. The van der Waals surface area contributed by atoms with Gasteiger partial charge in [0.05, 0.1) is 6.04 Å². The predicted octanol–water partition coefficient (Wildman–Crippen LogP) is 1.72. The molecule has 2 heterocycles. The third kappa shape index (κ3) is 2.52. The largest absolute Gasteiger partial charge is 0.357 e. The van der Waals surface area contributed by atoms with Crippen molar-refractivity contribution in [3.63, 3.8) is 0 Å². The fraction of sp³-hybridized carbons (Fsp3) is 0.364. The van der Waals surface area contributed by atoms with Crippen LogP contribution in [-0.2, 0) is 7.05 Å². The first kappa shape index (κ1) is 11.8. The monoisotopic (exact) mass is 250 g/mol. The molecule has 0 fully saturated rings. The Balaban J connectivity index is 2.21. The summed E-state index contributed by atoms with van der Waals surface area (Å²) in [6.07, 6.45) is 3.23. The third-order valence-electron chi connectivity index (χ3n) is 2.38. The van der Waals surface area contributed by atoms with E-state index in [4.69, 9.17) is 0 Å². The molecule has 2 aromatic rings. The highest BCUT2D eigenvalue weighted by molar-refractivity contribution is 7.09. The van der Waals surface area contributed by atoms with Gasteiger partial charge in [-0.15, -0.1) is 11.3 Å². The normalized spacial score (nSPS) is 12.4. The molecule has 0 aliphatic rings. The summed E-state index contributed by atoms with van der Waals surface area (Å²) in [5.41, 5.74) is 0.861. The van der Waals surface area contributed by atoms with Gasteiger partial charge in [0.25, 0.3) is 5.56 Å². The molecule has 0 saturated carbocycles. The average molecular weight is 250 g/mol. The van der Waals surface area contributed by atoms with E-state index in [1.807, 2.05) is 19.2 Å². The highest BCUT2D eigenvalue weighted by atomic mass is 32.1. The number of nitrogens with one attached hydrogen (secondary N) is 1. The lowest BCUT2D eigenvalue weighted by Crippen LogP contribution is -2.23. The second-order valence-electron chi connectivity index (χ2n) is 3.89. The average Bonchev–Trinajstić information content (AvgIpc) is 2.72. The molecule has 1 atom stereocenters. The zero-order valence-corrected chi connectivity index (χ0v) is 10.8. The van der Waals surface area contributed by atoms with Crippen LogP contribution < -0.4 is 10.9 Å². The van der Waals surface area contributed by atoms with Gasteiger partial charge in [0, 0.05) is 30.5 Å². The maximum atomic E-state index is 11.8. The Hall–Kier alpha value is -1.69. The van der Waals surface area contributed by atoms with Crippen LogP contribution in [-0.4, -0.2) is 14.5 Å². The van der Waals surface area contributed by atoms with E-state index in [2.05, 4.69) is 15.3 Å². The first-order valence-corrected chi connectivity index (χ1v) is 6.16. The number of aromatic nitrogens is 3. The molecular formula is C11H14N4OS. The molecule has 0 aromatic carbocycles. The molecule has 0 spiro atoms. The summed E-state index contributed by atoms with van der Waals surface area (Å²) in [5, 5.41) is 6.03. The van der Waals surface area contributed by atoms with Gasteiger partial charge in [-0.1, -0.05) is 0 Å². The fourth-order valence-electron chi connectivity index (χ4n) is 1.43. The summed E-state index contributed by atoms with van der Waals surface area (Å²) in [6.45, 7) is 3.92. The molecular weight excluding hydrogens is 236 g/mol. The van der Waals surface area contributed by atoms with Crippen LogP contribution in [0.4, 0.5) is 5.82 Å². The standard InChI is InChI=1S/C11H14N4OS/c1-7-6-17-10(13-7)8(2)14-9-11(16)15(3)5-4-12-9/h4-6,8H,1-3H3,(H,12,14). The minimum Gasteiger partial charge on any atom is -0.357 e. The van der Waals surface area contributed by atoms with Crippen LogP contribution in [0.2, 0.25) is 0 Å². The van der Waals surface area contributed by atoms with Crippen LogP contribution in [0.15, 0.2) is 22.6 Å². The minimum absolute atomic E-state index is 0.0173. The van der Waals surface area contributed by atoms with Gasteiger partial charge in [-0.05, 0) is 13.8 Å². The van der Waals surface area contributed by atoms with Gasteiger partial charge in [-0.3, -0.25) is 4.79 Å². The van der Waals surface area contributed by atoms with Crippen molar-refractivity contribution < 1.29 is 0 Å². The van der Waals surface area contributed by atoms with E-state index in [9.17, 15) is 4.79 Å². The molecule has 0 aliphatic heterocycles. The maximum Gasteiger partial charge on any atom is 0.293 e. The molecule has 2 rings (SSSR count). The van der Waals surface area contributed by atoms with Crippen LogP contribution in [0.25, 0.3) is 0 Å². The number of hydrogen-bond acceptors (Lipinski definition) is 5. The number of rotatable bonds is 3. The summed E-state index contributed by atoms with van der Waals surface area (Å²) >= 11 is 1.58.